The molecule has 0 aliphatic carbocycles. The average molecular weight is 500 g/mol. The van der Waals surface area contributed by atoms with Crippen LogP contribution in [0.15, 0.2) is 71.6 Å². The second-order valence-electron chi connectivity index (χ2n) is 8.17. The zero-order valence-electron chi connectivity index (χ0n) is 19.1. The summed E-state index contributed by atoms with van der Waals surface area (Å²) in [4.78, 5) is 16.1. The van der Waals surface area contributed by atoms with Crippen molar-refractivity contribution >= 4 is 27.4 Å². The fourth-order valence-electron chi connectivity index (χ4n) is 4.03. The summed E-state index contributed by atoms with van der Waals surface area (Å²) >= 11 is 0. The second kappa shape index (κ2) is 10.3. The molecule has 1 heterocycles. The van der Waals surface area contributed by atoms with Crippen molar-refractivity contribution in [1.29, 1.82) is 0 Å². The highest BCUT2D eigenvalue weighted by Crippen LogP contribution is 2.28. The first-order valence-electron chi connectivity index (χ1n) is 11.0. The molecule has 10 heteroatoms. The molecular formula is C25H26FN3O5S. The Kier molecular flexibility index (Phi) is 7.23. The SMILES string of the molecule is COc1ccc(S(=O)(=O)Nc2ccc(N3CCN(Cc4ccccc4F)CC3)c(C(=O)O)c2)cc1. The molecule has 3 aromatic carbocycles. The Morgan fingerprint density at radius 3 is 2.34 bits per heavy atom. The number of carboxylic acids is 1. The van der Waals surface area contributed by atoms with E-state index in [9.17, 15) is 22.7 Å². The van der Waals surface area contributed by atoms with Crippen molar-refractivity contribution in [2.24, 2.45) is 0 Å². The normalized spacial score (nSPS) is 14.5. The molecule has 1 fully saturated rings. The molecule has 0 saturated carbocycles. The smallest absolute Gasteiger partial charge is 0.337 e. The lowest BCUT2D eigenvalue weighted by Crippen LogP contribution is -2.46. The fourth-order valence-corrected chi connectivity index (χ4v) is 5.08. The largest absolute Gasteiger partial charge is 0.497 e. The van der Waals surface area contributed by atoms with Gasteiger partial charge in [0.2, 0.25) is 0 Å². The van der Waals surface area contributed by atoms with Gasteiger partial charge in [-0.1, -0.05) is 18.2 Å². The highest BCUT2D eigenvalue weighted by atomic mass is 32.2. The molecule has 2 N–H and O–H groups in total. The average Bonchev–Trinajstić information content (AvgIpc) is 2.86. The molecular weight excluding hydrogens is 473 g/mol. The van der Waals surface area contributed by atoms with Crippen molar-refractivity contribution in [2.45, 2.75) is 11.4 Å². The van der Waals surface area contributed by atoms with E-state index in [-0.39, 0.29) is 22.0 Å². The predicted molar refractivity (Wildman–Crippen MR) is 131 cm³/mol. The summed E-state index contributed by atoms with van der Waals surface area (Å²) in [7, 11) is -2.42. The Bertz CT molecular complexity index is 1310. The Morgan fingerprint density at radius 2 is 1.71 bits per heavy atom. The van der Waals surface area contributed by atoms with Crippen LogP contribution in [0.5, 0.6) is 5.75 Å². The van der Waals surface area contributed by atoms with Crippen LogP contribution in [-0.2, 0) is 16.6 Å². The van der Waals surface area contributed by atoms with Crippen molar-refractivity contribution in [3.8, 4) is 5.75 Å². The fraction of sp³-hybridized carbons (Fsp3) is 0.240. The maximum Gasteiger partial charge on any atom is 0.337 e. The molecule has 0 bridgehead atoms. The molecule has 0 spiro atoms. The van der Waals surface area contributed by atoms with Crippen LogP contribution in [0.3, 0.4) is 0 Å². The lowest BCUT2D eigenvalue weighted by molar-refractivity contribution is 0.0697. The molecule has 35 heavy (non-hydrogen) atoms. The Labute approximate surface area is 203 Å². The topological polar surface area (TPSA) is 99.2 Å². The highest BCUT2D eigenvalue weighted by molar-refractivity contribution is 7.92. The number of aromatic carboxylic acids is 1. The third-order valence-corrected chi connectivity index (χ3v) is 7.31. The number of piperazine rings is 1. The van der Waals surface area contributed by atoms with Gasteiger partial charge < -0.3 is 14.7 Å². The zero-order valence-corrected chi connectivity index (χ0v) is 20.0. The van der Waals surface area contributed by atoms with Gasteiger partial charge in [0, 0.05) is 44.0 Å². The minimum absolute atomic E-state index is 0.00230. The monoisotopic (exact) mass is 499 g/mol. The Hall–Kier alpha value is -3.63. The number of hydrogen-bond donors (Lipinski definition) is 2. The number of ether oxygens (including phenoxy) is 1. The number of nitrogens with zero attached hydrogens (tertiary/aromatic N) is 2. The first-order chi connectivity index (χ1) is 16.8. The minimum atomic E-state index is -3.91. The molecule has 8 nitrogen and oxygen atoms in total. The highest BCUT2D eigenvalue weighted by Gasteiger charge is 2.23. The van der Waals surface area contributed by atoms with Crippen LogP contribution in [0.25, 0.3) is 0 Å². The number of methoxy groups -OCH3 is 1. The van der Waals surface area contributed by atoms with E-state index in [1.807, 2.05) is 4.90 Å². The number of sulfonamides is 1. The molecule has 3 aromatic rings. The van der Waals surface area contributed by atoms with Crippen molar-refractivity contribution in [3.05, 3.63) is 83.7 Å². The van der Waals surface area contributed by atoms with Gasteiger partial charge in [-0.2, -0.15) is 0 Å². The molecule has 0 amide bonds. The van der Waals surface area contributed by atoms with E-state index in [0.29, 0.717) is 49.7 Å². The van der Waals surface area contributed by atoms with Crippen molar-refractivity contribution in [2.75, 3.05) is 42.9 Å². The van der Waals surface area contributed by atoms with Gasteiger partial charge in [0.25, 0.3) is 10.0 Å². The third-order valence-electron chi connectivity index (χ3n) is 5.91. The van der Waals surface area contributed by atoms with Gasteiger partial charge >= 0.3 is 5.97 Å². The van der Waals surface area contributed by atoms with Crippen LogP contribution in [0, 0.1) is 5.82 Å². The first kappa shape index (κ1) is 24.5. The standard InChI is InChI=1S/C25H26FN3O5S/c1-34-20-7-9-21(10-8-20)35(32,33)27-19-6-11-24(22(16-19)25(30)31)29-14-12-28(13-15-29)17-18-4-2-3-5-23(18)26/h2-11,16,27H,12-15,17H2,1H3,(H,30,31). The molecule has 184 valence electrons. The van der Waals surface area contributed by atoms with Crippen molar-refractivity contribution in [1.82, 2.24) is 4.90 Å². The second-order valence-corrected chi connectivity index (χ2v) is 9.86. The van der Waals surface area contributed by atoms with E-state index in [0.717, 1.165) is 0 Å². The number of benzene rings is 3. The van der Waals surface area contributed by atoms with Gasteiger partial charge in [-0.05, 0) is 48.5 Å². The number of anilines is 2. The zero-order chi connectivity index (χ0) is 25.0. The van der Waals surface area contributed by atoms with Gasteiger partial charge in [0.1, 0.15) is 11.6 Å². The van der Waals surface area contributed by atoms with E-state index in [2.05, 4.69) is 9.62 Å². The number of rotatable bonds is 8. The lowest BCUT2D eigenvalue weighted by atomic mass is 10.1. The van der Waals surface area contributed by atoms with Gasteiger partial charge in [0.15, 0.2) is 0 Å². The van der Waals surface area contributed by atoms with Gasteiger partial charge in [-0.25, -0.2) is 17.6 Å². The summed E-state index contributed by atoms with van der Waals surface area (Å²) in [6, 6.07) is 17.0. The number of nitrogens with one attached hydrogen (secondary N) is 1. The number of carboxylic acid groups (broad SMARTS) is 1. The van der Waals surface area contributed by atoms with Crippen molar-refractivity contribution in [3.63, 3.8) is 0 Å². The molecule has 0 unspecified atom stereocenters. The number of hydrogen-bond acceptors (Lipinski definition) is 6. The Morgan fingerprint density at radius 1 is 1.03 bits per heavy atom. The van der Waals surface area contributed by atoms with Crippen LogP contribution in [0.4, 0.5) is 15.8 Å². The summed E-state index contributed by atoms with van der Waals surface area (Å²) in [6.07, 6.45) is 0. The van der Waals surface area contributed by atoms with E-state index in [1.54, 1.807) is 30.3 Å². The molecule has 0 aromatic heterocycles. The molecule has 1 saturated heterocycles. The van der Waals surface area contributed by atoms with E-state index < -0.39 is 16.0 Å². The van der Waals surface area contributed by atoms with Crippen LogP contribution in [0.2, 0.25) is 0 Å². The lowest BCUT2D eigenvalue weighted by Gasteiger charge is -2.36. The van der Waals surface area contributed by atoms with E-state index in [4.69, 9.17) is 4.74 Å². The third kappa shape index (κ3) is 5.72. The number of halogens is 1. The first-order valence-corrected chi connectivity index (χ1v) is 12.5. The molecule has 0 radical (unpaired) electrons. The van der Waals surface area contributed by atoms with E-state index in [1.165, 1.54) is 43.5 Å². The maximum absolute atomic E-state index is 14.0. The van der Waals surface area contributed by atoms with Crippen LogP contribution in [-0.4, -0.2) is 57.7 Å². The summed E-state index contributed by atoms with van der Waals surface area (Å²) in [6.45, 7) is 2.88. The molecule has 1 aliphatic rings. The van der Waals surface area contributed by atoms with Crippen LogP contribution >= 0.6 is 0 Å². The molecule has 4 rings (SSSR count). The number of carbonyl (C=O) groups is 1. The van der Waals surface area contributed by atoms with Crippen LogP contribution in [0.1, 0.15) is 15.9 Å². The molecule has 1 aliphatic heterocycles. The summed E-state index contributed by atoms with van der Waals surface area (Å²) in [5.74, 6) is -0.870. The summed E-state index contributed by atoms with van der Waals surface area (Å²) in [5.41, 5.74) is 1.29. The van der Waals surface area contributed by atoms with E-state index >= 15 is 0 Å². The molecule has 0 atom stereocenters. The maximum atomic E-state index is 14.0. The van der Waals surface area contributed by atoms with Gasteiger partial charge in [-0.15, -0.1) is 0 Å². The van der Waals surface area contributed by atoms with Crippen LogP contribution < -0.4 is 14.4 Å². The predicted octanol–water partition coefficient (Wildman–Crippen LogP) is 3.66. The van der Waals surface area contributed by atoms with Gasteiger partial charge in [-0.3, -0.25) is 9.62 Å². The quantitative estimate of drug-likeness (QED) is 0.488. The van der Waals surface area contributed by atoms with Crippen molar-refractivity contribution < 1.29 is 27.4 Å². The van der Waals surface area contributed by atoms with Gasteiger partial charge in [0.05, 0.1) is 23.3 Å². The summed E-state index contributed by atoms with van der Waals surface area (Å²) in [5, 5.41) is 9.80. The Balaban J connectivity index is 1.47. The minimum Gasteiger partial charge on any atom is -0.497 e. The summed E-state index contributed by atoms with van der Waals surface area (Å²) < 4.78 is 46.9.